The van der Waals surface area contributed by atoms with Crippen molar-refractivity contribution in [2.45, 2.75) is 45.7 Å². The van der Waals surface area contributed by atoms with Gasteiger partial charge in [-0.15, -0.1) is 0 Å². The van der Waals surface area contributed by atoms with Crippen LogP contribution in [0.1, 0.15) is 39.7 Å². The highest BCUT2D eigenvalue weighted by atomic mass is 15.3. The van der Waals surface area contributed by atoms with Gasteiger partial charge in [0.1, 0.15) is 5.52 Å². The highest BCUT2D eigenvalue weighted by molar-refractivity contribution is 5.84. The van der Waals surface area contributed by atoms with E-state index in [4.69, 9.17) is 0 Å². The van der Waals surface area contributed by atoms with Crippen LogP contribution in [-0.2, 0) is 0 Å². The summed E-state index contributed by atoms with van der Waals surface area (Å²) in [4.78, 5) is 16.5. The molecule has 1 fully saturated rings. The molecule has 1 aliphatic rings. The van der Waals surface area contributed by atoms with E-state index in [-0.39, 0.29) is 0 Å². The van der Waals surface area contributed by atoms with Crippen molar-refractivity contribution in [3.8, 4) is 0 Å². The highest BCUT2D eigenvalue weighted by Crippen LogP contribution is 2.34. The minimum absolute atomic E-state index is 0.313. The molecular weight excluding hydrogens is 304 g/mol. The summed E-state index contributed by atoms with van der Waals surface area (Å²) in [6.07, 6.45) is 6.14. The average Bonchev–Trinajstić information content (AvgIpc) is 3.10. The summed E-state index contributed by atoms with van der Waals surface area (Å²) < 4.78 is 1.89. The SMILES string of the molecule is CC(Nc1nc(Nc2ccn(C(C)C)n2)nc2[nH]cnc12)C1CC1. The Morgan fingerprint density at radius 2 is 2.08 bits per heavy atom. The first-order valence-corrected chi connectivity index (χ1v) is 8.40. The molecule has 0 aromatic carbocycles. The topological polar surface area (TPSA) is 96.3 Å². The van der Waals surface area contributed by atoms with Crippen molar-refractivity contribution in [1.29, 1.82) is 0 Å². The zero-order valence-electron chi connectivity index (χ0n) is 14.1. The molecule has 0 aliphatic heterocycles. The number of rotatable bonds is 6. The predicted molar refractivity (Wildman–Crippen MR) is 93.4 cm³/mol. The van der Waals surface area contributed by atoms with Crippen molar-refractivity contribution in [2.24, 2.45) is 5.92 Å². The standard InChI is InChI=1S/C16H22N8/c1-9(2)24-7-6-12(23-24)20-16-21-14-13(17-8-18-14)15(22-16)19-10(3)11-4-5-11/h6-11H,4-5H2,1-3H3,(H3,17,18,19,20,21,22,23). The van der Waals surface area contributed by atoms with Crippen LogP contribution in [0, 0.1) is 5.92 Å². The first kappa shape index (κ1) is 14.9. The van der Waals surface area contributed by atoms with Crippen LogP contribution in [0.5, 0.6) is 0 Å². The fourth-order valence-corrected chi connectivity index (χ4v) is 2.73. The van der Waals surface area contributed by atoms with Gasteiger partial charge < -0.3 is 15.6 Å². The van der Waals surface area contributed by atoms with Gasteiger partial charge in [-0.3, -0.25) is 4.68 Å². The Morgan fingerprint density at radius 3 is 2.79 bits per heavy atom. The summed E-state index contributed by atoms with van der Waals surface area (Å²) in [7, 11) is 0. The van der Waals surface area contributed by atoms with Crippen molar-refractivity contribution < 1.29 is 0 Å². The first-order chi connectivity index (χ1) is 11.6. The van der Waals surface area contributed by atoms with E-state index in [0.717, 1.165) is 23.1 Å². The summed E-state index contributed by atoms with van der Waals surface area (Å²) in [5.41, 5.74) is 1.47. The maximum absolute atomic E-state index is 4.61. The second-order valence-electron chi connectivity index (χ2n) is 6.67. The molecule has 1 aliphatic carbocycles. The van der Waals surface area contributed by atoms with Crippen LogP contribution < -0.4 is 10.6 Å². The largest absolute Gasteiger partial charge is 0.365 e. The molecule has 3 N–H and O–H groups in total. The van der Waals surface area contributed by atoms with E-state index in [1.807, 2.05) is 16.9 Å². The van der Waals surface area contributed by atoms with Crippen LogP contribution in [-0.4, -0.2) is 35.8 Å². The fraction of sp³-hybridized carbons (Fsp3) is 0.500. The molecule has 0 amide bonds. The third kappa shape index (κ3) is 2.91. The number of imidazole rings is 1. The van der Waals surface area contributed by atoms with Crippen LogP contribution in [0.25, 0.3) is 11.2 Å². The molecule has 3 heterocycles. The second kappa shape index (κ2) is 5.77. The Morgan fingerprint density at radius 1 is 1.25 bits per heavy atom. The lowest BCUT2D eigenvalue weighted by Crippen LogP contribution is -2.19. The monoisotopic (exact) mass is 326 g/mol. The molecule has 1 saturated carbocycles. The summed E-state index contributed by atoms with van der Waals surface area (Å²) in [5, 5.41) is 11.1. The third-order valence-electron chi connectivity index (χ3n) is 4.35. The van der Waals surface area contributed by atoms with E-state index in [2.05, 4.69) is 56.4 Å². The van der Waals surface area contributed by atoms with E-state index in [9.17, 15) is 0 Å². The van der Waals surface area contributed by atoms with Gasteiger partial charge in [-0.25, -0.2) is 4.98 Å². The zero-order valence-corrected chi connectivity index (χ0v) is 14.1. The third-order valence-corrected chi connectivity index (χ3v) is 4.35. The smallest absolute Gasteiger partial charge is 0.232 e. The van der Waals surface area contributed by atoms with Crippen molar-refractivity contribution >= 4 is 28.7 Å². The van der Waals surface area contributed by atoms with Gasteiger partial charge in [-0.1, -0.05) is 0 Å². The minimum Gasteiger partial charge on any atom is -0.365 e. The predicted octanol–water partition coefficient (Wildman–Crippen LogP) is 3.08. The number of aromatic amines is 1. The van der Waals surface area contributed by atoms with E-state index in [1.165, 1.54) is 12.8 Å². The van der Waals surface area contributed by atoms with Crippen LogP contribution in [0.15, 0.2) is 18.6 Å². The van der Waals surface area contributed by atoms with Crippen LogP contribution in [0.3, 0.4) is 0 Å². The lowest BCUT2D eigenvalue weighted by molar-refractivity contribution is 0.534. The Bertz CT molecular complexity index is 845. The molecule has 0 spiro atoms. The molecular formula is C16H22N8. The number of hydrogen-bond acceptors (Lipinski definition) is 6. The van der Waals surface area contributed by atoms with Crippen molar-refractivity contribution in [3.05, 3.63) is 18.6 Å². The Balaban J connectivity index is 1.62. The summed E-state index contributed by atoms with van der Waals surface area (Å²) >= 11 is 0. The molecule has 4 rings (SSSR count). The van der Waals surface area contributed by atoms with E-state index >= 15 is 0 Å². The number of H-pyrrole nitrogens is 1. The van der Waals surface area contributed by atoms with Gasteiger partial charge in [0.25, 0.3) is 0 Å². The molecule has 24 heavy (non-hydrogen) atoms. The number of fused-ring (bicyclic) bond motifs is 1. The van der Waals surface area contributed by atoms with Crippen LogP contribution in [0.2, 0.25) is 0 Å². The van der Waals surface area contributed by atoms with Gasteiger partial charge in [-0.2, -0.15) is 15.1 Å². The van der Waals surface area contributed by atoms with Gasteiger partial charge >= 0.3 is 0 Å². The molecule has 3 aromatic heterocycles. The first-order valence-electron chi connectivity index (χ1n) is 8.40. The molecule has 1 atom stereocenters. The normalized spacial score (nSPS) is 15.8. The molecule has 1 unspecified atom stereocenters. The lowest BCUT2D eigenvalue weighted by atomic mass is 10.2. The number of hydrogen-bond donors (Lipinski definition) is 3. The Labute approximate surface area is 140 Å². The Hall–Kier alpha value is -2.64. The van der Waals surface area contributed by atoms with Crippen molar-refractivity contribution in [1.82, 2.24) is 29.7 Å². The molecule has 126 valence electrons. The molecule has 8 heteroatoms. The zero-order chi connectivity index (χ0) is 16.7. The summed E-state index contributed by atoms with van der Waals surface area (Å²) in [5.74, 6) is 2.72. The summed E-state index contributed by atoms with van der Waals surface area (Å²) in [6, 6.07) is 2.61. The van der Waals surface area contributed by atoms with Crippen molar-refractivity contribution in [3.63, 3.8) is 0 Å². The van der Waals surface area contributed by atoms with Gasteiger partial charge in [-0.05, 0) is 39.5 Å². The maximum atomic E-state index is 4.61. The highest BCUT2D eigenvalue weighted by Gasteiger charge is 2.28. The summed E-state index contributed by atoms with van der Waals surface area (Å²) in [6.45, 7) is 6.37. The number of nitrogens with one attached hydrogen (secondary N) is 3. The second-order valence-corrected chi connectivity index (χ2v) is 6.67. The number of aromatic nitrogens is 6. The molecule has 0 radical (unpaired) electrons. The number of nitrogens with zero attached hydrogens (tertiary/aromatic N) is 5. The minimum atomic E-state index is 0.313. The Kier molecular flexibility index (Phi) is 3.59. The van der Waals surface area contributed by atoms with Gasteiger partial charge in [0, 0.05) is 24.3 Å². The molecule has 0 bridgehead atoms. The van der Waals surface area contributed by atoms with Crippen LogP contribution >= 0.6 is 0 Å². The van der Waals surface area contributed by atoms with E-state index < -0.39 is 0 Å². The molecule has 8 nitrogen and oxygen atoms in total. The average molecular weight is 326 g/mol. The van der Waals surface area contributed by atoms with E-state index in [1.54, 1.807) is 6.33 Å². The lowest BCUT2D eigenvalue weighted by Gasteiger charge is -2.14. The van der Waals surface area contributed by atoms with Gasteiger partial charge in [0.15, 0.2) is 17.3 Å². The van der Waals surface area contributed by atoms with Crippen molar-refractivity contribution in [2.75, 3.05) is 10.6 Å². The molecule has 0 saturated heterocycles. The van der Waals surface area contributed by atoms with Gasteiger partial charge in [0.2, 0.25) is 5.95 Å². The number of anilines is 3. The van der Waals surface area contributed by atoms with Gasteiger partial charge in [0.05, 0.1) is 6.33 Å². The fourth-order valence-electron chi connectivity index (χ4n) is 2.73. The van der Waals surface area contributed by atoms with E-state index in [0.29, 0.717) is 23.7 Å². The maximum Gasteiger partial charge on any atom is 0.232 e. The van der Waals surface area contributed by atoms with Crippen LogP contribution in [0.4, 0.5) is 17.6 Å². The molecule has 3 aromatic rings. The quantitative estimate of drug-likeness (QED) is 0.644.